The summed E-state index contributed by atoms with van der Waals surface area (Å²) in [5.74, 6) is 1.21. The van der Waals surface area contributed by atoms with Crippen LogP contribution in [0.2, 0.25) is 0 Å². The molecular formula is C20H25NO. The van der Waals surface area contributed by atoms with E-state index in [0.717, 1.165) is 17.9 Å². The van der Waals surface area contributed by atoms with Crippen molar-refractivity contribution in [2.24, 2.45) is 5.92 Å². The zero-order valence-corrected chi connectivity index (χ0v) is 13.3. The van der Waals surface area contributed by atoms with Crippen molar-refractivity contribution in [1.82, 2.24) is 4.90 Å². The number of piperidine rings is 1. The van der Waals surface area contributed by atoms with E-state index in [-0.39, 0.29) is 0 Å². The van der Waals surface area contributed by atoms with Gasteiger partial charge in [0.2, 0.25) is 0 Å². The highest BCUT2D eigenvalue weighted by Crippen LogP contribution is 2.32. The molecule has 0 unspecified atom stereocenters. The second-order valence-corrected chi connectivity index (χ2v) is 6.46. The lowest BCUT2D eigenvalue weighted by atomic mass is 9.88. The number of hydrogen-bond donors (Lipinski definition) is 1. The van der Waals surface area contributed by atoms with Gasteiger partial charge in [-0.1, -0.05) is 42.5 Å². The maximum absolute atomic E-state index is 10.1. The minimum absolute atomic E-state index is 0.370. The van der Waals surface area contributed by atoms with Gasteiger partial charge in [0.1, 0.15) is 5.75 Å². The van der Waals surface area contributed by atoms with Crippen LogP contribution in [0, 0.1) is 5.92 Å². The molecule has 1 aliphatic rings. The van der Waals surface area contributed by atoms with Gasteiger partial charge < -0.3 is 10.0 Å². The van der Waals surface area contributed by atoms with E-state index in [0.29, 0.717) is 5.75 Å². The van der Waals surface area contributed by atoms with Crippen LogP contribution in [0.1, 0.15) is 24.8 Å². The van der Waals surface area contributed by atoms with Crippen molar-refractivity contribution < 1.29 is 5.11 Å². The average molecular weight is 295 g/mol. The van der Waals surface area contributed by atoms with Gasteiger partial charge in [-0.05, 0) is 68.9 Å². The fraction of sp³-hybridized carbons (Fsp3) is 0.400. The topological polar surface area (TPSA) is 23.5 Å². The molecule has 0 aliphatic carbocycles. The third-order valence-corrected chi connectivity index (χ3v) is 4.87. The lowest BCUT2D eigenvalue weighted by molar-refractivity contribution is 0.212. The molecular weight excluding hydrogens is 270 g/mol. The van der Waals surface area contributed by atoms with Gasteiger partial charge in [-0.25, -0.2) is 0 Å². The molecule has 1 saturated heterocycles. The molecule has 1 heterocycles. The summed E-state index contributed by atoms with van der Waals surface area (Å²) in [5, 5.41) is 10.1. The minimum Gasteiger partial charge on any atom is -0.507 e. The summed E-state index contributed by atoms with van der Waals surface area (Å²) in [4.78, 5) is 2.42. The van der Waals surface area contributed by atoms with Crippen LogP contribution < -0.4 is 0 Å². The zero-order valence-electron chi connectivity index (χ0n) is 13.3. The third-order valence-electron chi connectivity index (χ3n) is 4.87. The molecule has 0 bridgehead atoms. The number of rotatable bonds is 4. The molecule has 3 rings (SSSR count). The maximum atomic E-state index is 10.1. The van der Waals surface area contributed by atoms with E-state index in [1.54, 1.807) is 6.07 Å². The Hall–Kier alpha value is -1.80. The molecule has 1 fully saturated rings. The fourth-order valence-corrected chi connectivity index (χ4v) is 3.41. The second-order valence-electron chi connectivity index (χ2n) is 6.46. The van der Waals surface area contributed by atoms with Gasteiger partial charge in [0, 0.05) is 5.56 Å². The van der Waals surface area contributed by atoms with Crippen molar-refractivity contribution in [1.29, 1.82) is 0 Å². The molecule has 0 radical (unpaired) electrons. The first-order valence-electron chi connectivity index (χ1n) is 8.29. The van der Waals surface area contributed by atoms with Gasteiger partial charge >= 0.3 is 0 Å². The van der Waals surface area contributed by atoms with E-state index < -0.39 is 0 Å². The molecule has 2 aromatic carbocycles. The minimum atomic E-state index is 0.370. The number of para-hydroxylation sites is 1. The fourth-order valence-electron chi connectivity index (χ4n) is 3.41. The van der Waals surface area contributed by atoms with Crippen molar-refractivity contribution in [3.05, 3.63) is 54.1 Å². The van der Waals surface area contributed by atoms with Gasteiger partial charge in [-0.15, -0.1) is 0 Å². The van der Waals surface area contributed by atoms with Crippen molar-refractivity contribution in [3.8, 4) is 16.9 Å². The van der Waals surface area contributed by atoms with E-state index in [1.165, 1.54) is 43.5 Å². The molecule has 2 nitrogen and oxygen atoms in total. The number of phenolic OH excluding ortho intramolecular Hbond substituents is 1. The molecule has 2 aromatic rings. The smallest absolute Gasteiger partial charge is 0.123 e. The highest BCUT2D eigenvalue weighted by molar-refractivity contribution is 5.72. The molecule has 2 heteroatoms. The van der Waals surface area contributed by atoms with Crippen LogP contribution in [0.15, 0.2) is 48.5 Å². The van der Waals surface area contributed by atoms with Crippen molar-refractivity contribution in [3.63, 3.8) is 0 Å². The van der Waals surface area contributed by atoms with Crippen molar-refractivity contribution >= 4 is 0 Å². The molecule has 22 heavy (non-hydrogen) atoms. The number of aryl methyl sites for hydroxylation is 1. The standard InChI is InChI=1S/C20H25NO/c1-21-14-12-16(13-15-21)10-11-17-6-2-3-7-18(17)19-8-4-5-9-20(19)22/h2-9,16,22H,10-15H2,1H3. The summed E-state index contributed by atoms with van der Waals surface area (Å²) in [6.07, 6.45) is 4.97. The first-order chi connectivity index (χ1) is 10.7. The normalized spacial score (nSPS) is 16.8. The Balaban J connectivity index is 1.73. The summed E-state index contributed by atoms with van der Waals surface area (Å²) in [6.45, 7) is 2.46. The largest absolute Gasteiger partial charge is 0.507 e. The summed E-state index contributed by atoms with van der Waals surface area (Å²) < 4.78 is 0. The molecule has 0 amide bonds. The molecule has 0 spiro atoms. The molecule has 116 valence electrons. The Kier molecular flexibility index (Phi) is 4.79. The number of nitrogens with zero attached hydrogens (tertiary/aromatic N) is 1. The van der Waals surface area contributed by atoms with Crippen LogP contribution in [-0.2, 0) is 6.42 Å². The lowest BCUT2D eigenvalue weighted by Crippen LogP contribution is -2.30. The first kappa shape index (κ1) is 15.1. The Morgan fingerprint density at radius 2 is 1.59 bits per heavy atom. The summed E-state index contributed by atoms with van der Waals surface area (Å²) >= 11 is 0. The Morgan fingerprint density at radius 1 is 0.955 bits per heavy atom. The number of benzene rings is 2. The summed E-state index contributed by atoms with van der Waals surface area (Å²) in [6, 6.07) is 16.1. The van der Waals surface area contributed by atoms with E-state index >= 15 is 0 Å². The number of phenols is 1. The molecule has 1 aliphatic heterocycles. The van der Waals surface area contributed by atoms with Crippen LogP contribution in [0.5, 0.6) is 5.75 Å². The molecule has 0 aromatic heterocycles. The highest BCUT2D eigenvalue weighted by atomic mass is 16.3. The van der Waals surface area contributed by atoms with Crippen molar-refractivity contribution in [2.75, 3.05) is 20.1 Å². The number of hydrogen-bond acceptors (Lipinski definition) is 2. The quantitative estimate of drug-likeness (QED) is 0.907. The van der Waals surface area contributed by atoms with Gasteiger partial charge in [0.05, 0.1) is 0 Å². The van der Waals surface area contributed by atoms with Crippen LogP contribution in [0.4, 0.5) is 0 Å². The van der Waals surface area contributed by atoms with Crippen LogP contribution in [0.25, 0.3) is 11.1 Å². The predicted octanol–water partition coefficient (Wildman–Crippen LogP) is 4.33. The number of aromatic hydroxyl groups is 1. The summed E-state index contributed by atoms with van der Waals surface area (Å²) in [5.41, 5.74) is 3.47. The van der Waals surface area contributed by atoms with Crippen molar-refractivity contribution in [2.45, 2.75) is 25.7 Å². The van der Waals surface area contributed by atoms with E-state index in [2.05, 4.69) is 36.2 Å². The Bertz CT molecular complexity index is 615. The van der Waals surface area contributed by atoms with E-state index in [4.69, 9.17) is 0 Å². The monoisotopic (exact) mass is 295 g/mol. The van der Waals surface area contributed by atoms with Crippen LogP contribution in [0.3, 0.4) is 0 Å². The van der Waals surface area contributed by atoms with Gasteiger partial charge in [0.15, 0.2) is 0 Å². The van der Waals surface area contributed by atoms with Gasteiger partial charge in [0.25, 0.3) is 0 Å². The first-order valence-corrected chi connectivity index (χ1v) is 8.29. The summed E-state index contributed by atoms with van der Waals surface area (Å²) in [7, 11) is 2.21. The SMILES string of the molecule is CN1CCC(CCc2ccccc2-c2ccccc2O)CC1. The highest BCUT2D eigenvalue weighted by Gasteiger charge is 2.17. The Labute approximate surface area is 133 Å². The molecule has 1 N–H and O–H groups in total. The number of likely N-dealkylation sites (tertiary alicyclic amines) is 1. The molecule has 0 atom stereocenters. The van der Waals surface area contributed by atoms with E-state index in [1.807, 2.05) is 18.2 Å². The zero-order chi connectivity index (χ0) is 15.4. The Morgan fingerprint density at radius 3 is 2.32 bits per heavy atom. The average Bonchev–Trinajstić information content (AvgIpc) is 2.55. The third kappa shape index (κ3) is 3.50. The van der Waals surface area contributed by atoms with E-state index in [9.17, 15) is 5.11 Å². The lowest BCUT2D eigenvalue weighted by Gasteiger charge is -2.29. The van der Waals surface area contributed by atoms with Crippen LogP contribution >= 0.6 is 0 Å². The van der Waals surface area contributed by atoms with Crippen LogP contribution in [-0.4, -0.2) is 30.1 Å². The second kappa shape index (κ2) is 6.97. The van der Waals surface area contributed by atoms with Gasteiger partial charge in [-0.3, -0.25) is 0 Å². The molecule has 0 saturated carbocycles. The van der Waals surface area contributed by atoms with Gasteiger partial charge in [-0.2, -0.15) is 0 Å². The maximum Gasteiger partial charge on any atom is 0.123 e. The predicted molar refractivity (Wildman–Crippen MR) is 92.1 cm³/mol.